The fraction of sp³-hybridized carbons (Fsp3) is 0. The van der Waals surface area contributed by atoms with Gasteiger partial charge in [0.05, 0.1) is 0 Å². The van der Waals surface area contributed by atoms with Crippen molar-refractivity contribution in [3.63, 3.8) is 0 Å². The summed E-state index contributed by atoms with van der Waals surface area (Å²) in [4.78, 5) is 15.6. The molecular weight excluding hydrogens is 623 g/mol. The predicted octanol–water partition coefficient (Wildman–Crippen LogP) is 12.4. The Morgan fingerprint density at radius 3 is 1.69 bits per heavy atom. The summed E-state index contributed by atoms with van der Waals surface area (Å²) in [7, 11) is 0. The number of furan rings is 1. The third-order valence-corrected chi connectivity index (χ3v) is 9.74. The lowest BCUT2D eigenvalue weighted by Gasteiger charge is -2.14. The van der Waals surface area contributed by atoms with Crippen molar-refractivity contribution in [1.82, 2.24) is 15.0 Å². The average Bonchev–Trinajstić information content (AvgIpc) is 3.59. The third-order valence-electron chi connectivity index (χ3n) is 9.74. The van der Waals surface area contributed by atoms with Crippen LogP contribution in [0.2, 0.25) is 0 Å². The molecule has 4 heteroatoms. The summed E-state index contributed by atoms with van der Waals surface area (Å²) in [5.74, 6) is 1.82. The van der Waals surface area contributed by atoms with Gasteiger partial charge in [-0.25, -0.2) is 15.0 Å². The molecule has 4 nitrogen and oxygen atoms in total. The number of hydrogen-bond donors (Lipinski definition) is 0. The first-order chi connectivity index (χ1) is 25.3. The number of aromatic nitrogens is 3. The maximum absolute atomic E-state index is 6.52. The molecular formula is C47H29N3O. The topological polar surface area (TPSA) is 51.8 Å². The first-order valence-corrected chi connectivity index (χ1v) is 17.1. The highest BCUT2D eigenvalue weighted by atomic mass is 16.3. The van der Waals surface area contributed by atoms with E-state index in [0.29, 0.717) is 17.5 Å². The molecule has 0 aliphatic carbocycles. The average molecular weight is 652 g/mol. The summed E-state index contributed by atoms with van der Waals surface area (Å²) in [6.07, 6.45) is 0. The molecule has 0 saturated heterocycles. The van der Waals surface area contributed by atoms with E-state index in [1.807, 2.05) is 24.3 Å². The Labute approximate surface area is 294 Å². The molecule has 0 spiro atoms. The van der Waals surface area contributed by atoms with Crippen molar-refractivity contribution in [3.05, 3.63) is 176 Å². The van der Waals surface area contributed by atoms with Gasteiger partial charge >= 0.3 is 0 Å². The number of rotatable bonds is 5. The maximum Gasteiger partial charge on any atom is 0.164 e. The van der Waals surface area contributed by atoms with Crippen LogP contribution in [0.3, 0.4) is 0 Å². The van der Waals surface area contributed by atoms with Gasteiger partial charge in [-0.05, 0) is 68.1 Å². The Balaban J connectivity index is 1.22. The molecule has 0 amide bonds. The Morgan fingerprint density at radius 2 is 0.902 bits per heavy atom. The van der Waals surface area contributed by atoms with Gasteiger partial charge in [0.1, 0.15) is 11.2 Å². The fourth-order valence-electron chi connectivity index (χ4n) is 7.36. The third kappa shape index (κ3) is 4.96. The van der Waals surface area contributed by atoms with E-state index >= 15 is 0 Å². The van der Waals surface area contributed by atoms with E-state index in [4.69, 9.17) is 19.4 Å². The lowest BCUT2D eigenvalue weighted by Crippen LogP contribution is -2.01. The minimum absolute atomic E-state index is 0.584. The van der Waals surface area contributed by atoms with Crippen LogP contribution in [0.5, 0.6) is 0 Å². The molecule has 10 aromatic rings. The molecule has 0 atom stereocenters. The Hall–Kier alpha value is -6.91. The molecule has 0 fully saturated rings. The van der Waals surface area contributed by atoms with Gasteiger partial charge in [-0.3, -0.25) is 0 Å². The van der Waals surface area contributed by atoms with Gasteiger partial charge in [-0.1, -0.05) is 152 Å². The van der Waals surface area contributed by atoms with E-state index < -0.39 is 0 Å². The van der Waals surface area contributed by atoms with Crippen LogP contribution >= 0.6 is 0 Å². The zero-order chi connectivity index (χ0) is 33.7. The molecule has 0 bridgehead atoms. The minimum Gasteiger partial charge on any atom is -0.456 e. The Bertz CT molecular complexity index is 2910. The highest BCUT2D eigenvalue weighted by Crippen LogP contribution is 2.40. The van der Waals surface area contributed by atoms with Crippen molar-refractivity contribution in [3.8, 4) is 56.4 Å². The van der Waals surface area contributed by atoms with Gasteiger partial charge in [0, 0.05) is 27.5 Å². The molecule has 2 heterocycles. The molecule has 0 aliphatic rings. The van der Waals surface area contributed by atoms with E-state index in [9.17, 15) is 0 Å². The number of fused-ring (bicyclic) bond motifs is 6. The molecule has 0 saturated carbocycles. The zero-order valence-corrected chi connectivity index (χ0v) is 27.5. The van der Waals surface area contributed by atoms with E-state index in [1.54, 1.807) is 0 Å². The number of benzene rings is 8. The van der Waals surface area contributed by atoms with Crippen molar-refractivity contribution in [1.29, 1.82) is 0 Å². The van der Waals surface area contributed by atoms with Crippen molar-refractivity contribution >= 4 is 43.5 Å². The molecule has 8 aromatic carbocycles. The van der Waals surface area contributed by atoms with E-state index in [1.165, 1.54) is 5.39 Å². The molecule has 2 aromatic heterocycles. The molecule has 10 rings (SSSR count). The van der Waals surface area contributed by atoms with Crippen LogP contribution in [-0.2, 0) is 0 Å². The summed E-state index contributed by atoms with van der Waals surface area (Å²) in [5, 5.41) is 6.75. The first kappa shape index (κ1) is 29.0. The van der Waals surface area contributed by atoms with Crippen LogP contribution in [-0.4, -0.2) is 15.0 Å². The summed E-state index contributed by atoms with van der Waals surface area (Å²) >= 11 is 0. The van der Waals surface area contributed by atoms with Gasteiger partial charge < -0.3 is 4.42 Å². The summed E-state index contributed by atoms with van der Waals surface area (Å²) < 4.78 is 6.52. The van der Waals surface area contributed by atoms with Crippen LogP contribution in [0.15, 0.2) is 180 Å². The number of hydrogen-bond acceptors (Lipinski definition) is 4. The highest BCUT2D eigenvalue weighted by molar-refractivity contribution is 6.14. The molecule has 0 unspecified atom stereocenters. The summed E-state index contributed by atoms with van der Waals surface area (Å²) in [6.45, 7) is 0. The van der Waals surface area contributed by atoms with Crippen LogP contribution in [0.4, 0.5) is 0 Å². The predicted molar refractivity (Wildman–Crippen MR) is 209 cm³/mol. The van der Waals surface area contributed by atoms with E-state index in [2.05, 4.69) is 152 Å². The zero-order valence-electron chi connectivity index (χ0n) is 27.5. The summed E-state index contributed by atoms with van der Waals surface area (Å²) in [6, 6.07) is 60.9. The monoisotopic (exact) mass is 651 g/mol. The van der Waals surface area contributed by atoms with Crippen molar-refractivity contribution in [2.24, 2.45) is 0 Å². The van der Waals surface area contributed by atoms with Crippen LogP contribution in [0.25, 0.3) is 99.9 Å². The van der Waals surface area contributed by atoms with Gasteiger partial charge in [-0.2, -0.15) is 0 Å². The first-order valence-electron chi connectivity index (χ1n) is 17.1. The minimum atomic E-state index is 0.584. The second-order valence-corrected chi connectivity index (χ2v) is 12.8. The van der Waals surface area contributed by atoms with E-state index in [0.717, 1.165) is 77.0 Å². The quantitative estimate of drug-likeness (QED) is 0.174. The van der Waals surface area contributed by atoms with Crippen LogP contribution in [0.1, 0.15) is 0 Å². The van der Waals surface area contributed by atoms with Crippen molar-refractivity contribution in [2.45, 2.75) is 0 Å². The largest absolute Gasteiger partial charge is 0.456 e. The molecule has 0 N–H and O–H groups in total. The fourth-order valence-corrected chi connectivity index (χ4v) is 7.36. The molecule has 238 valence electrons. The van der Waals surface area contributed by atoms with Gasteiger partial charge in [0.2, 0.25) is 0 Å². The normalized spacial score (nSPS) is 11.5. The standard InChI is InChI=1S/C47H29N3O/c1-3-14-30(15-4-1)34-19-9-12-23-39(34)46-48-45(49-47(50-46)41-28-32-18-7-8-20-35(32)37-21-10-11-22-38(37)41)33-26-27-40-43(29-33)51-42-25-13-24-36(44(40)42)31-16-5-2-6-17-31/h1-29H. The number of nitrogens with zero attached hydrogens (tertiary/aromatic N) is 3. The molecule has 0 aliphatic heterocycles. The van der Waals surface area contributed by atoms with Gasteiger partial charge in [0.25, 0.3) is 0 Å². The lowest BCUT2D eigenvalue weighted by atomic mass is 9.96. The Morgan fingerprint density at radius 1 is 0.314 bits per heavy atom. The second kappa shape index (κ2) is 11.9. The second-order valence-electron chi connectivity index (χ2n) is 12.8. The van der Waals surface area contributed by atoms with Crippen LogP contribution in [0, 0.1) is 0 Å². The lowest BCUT2D eigenvalue weighted by molar-refractivity contribution is 0.669. The molecule has 51 heavy (non-hydrogen) atoms. The molecule has 0 radical (unpaired) electrons. The summed E-state index contributed by atoms with van der Waals surface area (Å²) in [5.41, 5.74) is 8.85. The smallest absolute Gasteiger partial charge is 0.164 e. The maximum atomic E-state index is 6.52. The van der Waals surface area contributed by atoms with Gasteiger partial charge in [-0.15, -0.1) is 0 Å². The van der Waals surface area contributed by atoms with Crippen LogP contribution < -0.4 is 0 Å². The van der Waals surface area contributed by atoms with E-state index in [-0.39, 0.29) is 0 Å². The van der Waals surface area contributed by atoms with Gasteiger partial charge in [0.15, 0.2) is 17.5 Å². The highest BCUT2D eigenvalue weighted by Gasteiger charge is 2.19. The Kier molecular flexibility index (Phi) is 6.78. The SMILES string of the molecule is c1ccc(-c2ccccc2-c2nc(-c3ccc4c(c3)oc3cccc(-c5ccccc5)c34)nc(-c3cc4ccccc4c4ccccc34)n2)cc1. The van der Waals surface area contributed by atoms with Crippen molar-refractivity contribution < 1.29 is 4.42 Å². The van der Waals surface area contributed by atoms with Crippen molar-refractivity contribution in [2.75, 3.05) is 0 Å².